The van der Waals surface area contributed by atoms with Crippen molar-refractivity contribution in [3.63, 3.8) is 0 Å². The Bertz CT molecular complexity index is 747. The Morgan fingerprint density at radius 2 is 2.12 bits per heavy atom. The standard InChI is InChI=1S/C15H17ClN4O4.ClH/c16-10-3-4-12(11(9-10)20(21)22)23-8-5-13-18-14(19-24-13)15(17)6-1-2-7-15;/h3-4,9H,1-2,5-8,17H2;1H. The summed E-state index contributed by atoms with van der Waals surface area (Å²) in [5.74, 6) is 1.07. The van der Waals surface area contributed by atoms with Gasteiger partial charge < -0.3 is 15.0 Å². The Morgan fingerprint density at radius 1 is 1.40 bits per heavy atom. The molecule has 25 heavy (non-hydrogen) atoms. The lowest BCUT2D eigenvalue weighted by atomic mass is 9.99. The first-order valence-corrected chi connectivity index (χ1v) is 8.04. The van der Waals surface area contributed by atoms with Gasteiger partial charge in [-0.1, -0.05) is 29.6 Å². The molecule has 1 aliphatic rings. The number of halogens is 2. The summed E-state index contributed by atoms with van der Waals surface area (Å²) in [5, 5.41) is 15.2. The van der Waals surface area contributed by atoms with Crippen molar-refractivity contribution in [1.82, 2.24) is 10.1 Å². The predicted octanol–water partition coefficient (Wildman–Crippen LogP) is 3.40. The van der Waals surface area contributed by atoms with E-state index in [0.29, 0.717) is 18.1 Å². The normalized spacial score (nSPS) is 15.6. The third-order valence-electron chi connectivity index (χ3n) is 4.10. The number of nitrogens with two attached hydrogens (primary N) is 1. The van der Waals surface area contributed by atoms with E-state index in [0.717, 1.165) is 25.7 Å². The van der Waals surface area contributed by atoms with Crippen LogP contribution < -0.4 is 10.5 Å². The smallest absolute Gasteiger partial charge is 0.312 e. The number of hydrogen-bond acceptors (Lipinski definition) is 7. The van der Waals surface area contributed by atoms with Gasteiger partial charge in [-0.15, -0.1) is 12.4 Å². The Morgan fingerprint density at radius 3 is 2.80 bits per heavy atom. The van der Waals surface area contributed by atoms with Crippen molar-refractivity contribution in [3.8, 4) is 5.75 Å². The molecule has 0 bridgehead atoms. The highest BCUT2D eigenvalue weighted by atomic mass is 35.5. The lowest BCUT2D eigenvalue weighted by molar-refractivity contribution is -0.385. The van der Waals surface area contributed by atoms with E-state index in [1.807, 2.05) is 0 Å². The van der Waals surface area contributed by atoms with E-state index in [4.69, 9.17) is 26.6 Å². The maximum Gasteiger partial charge on any atom is 0.312 e. The van der Waals surface area contributed by atoms with E-state index < -0.39 is 10.5 Å². The molecule has 136 valence electrons. The summed E-state index contributed by atoms with van der Waals surface area (Å²) in [4.78, 5) is 14.8. The molecule has 2 N–H and O–H groups in total. The van der Waals surface area contributed by atoms with Crippen molar-refractivity contribution in [2.45, 2.75) is 37.6 Å². The Hall–Kier alpha value is -1.90. The third kappa shape index (κ3) is 4.39. The fraction of sp³-hybridized carbons (Fsp3) is 0.467. The zero-order valence-corrected chi connectivity index (χ0v) is 14.9. The highest BCUT2D eigenvalue weighted by Gasteiger charge is 2.35. The number of aromatic nitrogens is 2. The minimum atomic E-state index is -0.537. The maximum atomic E-state index is 11.0. The molecule has 1 fully saturated rings. The SMILES string of the molecule is Cl.NC1(c2noc(CCOc3ccc(Cl)cc3[N+](=O)[O-])n2)CCCC1. The molecule has 0 saturated heterocycles. The van der Waals surface area contributed by atoms with Gasteiger partial charge in [0.15, 0.2) is 11.6 Å². The average Bonchev–Trinajstić information content (AvgIpc) is 3.18. The molecule has 10 heteroatoms. The van der Waals surface area contributed by atoms with Gasteiger partial charge in [0.1, 0.15) is 0 Å². The number of ether oxygens (including phenoxy) is 1. The number of nitro groups is 1. The van der Waals surface area contributed by atoms with Crippen LogP contribution in [0.1, 0.15) is 37.4 Å². The second-order valence-corrected chi connectivity index (χ2v) is 6.28. The van der Waals surface area contributed by atoms with Gasteiger partial charge in [0.2, 0.25) is 5.89 Å². The van der Waals surface area contributed by atoms with Gasteiger partial charge in [-0.3, -0.25) is 10.1 Å². The molecule has 3 rings (SSSR count). The van der Waals surface area contributed by atoms with E-state index in [1.54, 1.807) is 0 Å². The van der Waals surface area contributed by atoms with Gasteiger partial charge in [0.05, 0.1) is 23.5 Å². The van der Waals surface area contributed by atoms with Crippen LogP contribution >= 0.6 is 24.0 Å². The Labute approximate surface area is 155 Å². The van der Waals surface area contributed by atoms with Gasteiger partial charge in [-0.25, -0.2) is 0 Å². The van der Waals surface area contributed by atoms with Crippen molar-refractivity contribution in [2.24, 2.45) is 5.73 Å². The summed E-state index contributed by atoms with van der Waals surface area (Å²) >= 11 is 5.76. The number of rotatable bonds is 6. The molecule has 0 radical (unpaired) electrons. The van der Waals surface area contributed by atoms with Crippen LogP contribution in [0.5, 0.6) is 5.75 Å². The van der Waals surface area contributed by atoms with Crippen molar-refractivity contribution in [3.05, 3.63) is 45.1 Å². The summed E-state index contributed by atoms with van der Waals surface area (Å²) in [5.41, 5.74) is 5.59. The molecule has 2 aromatic rings. The summed E-state index contributed by atoms with van der Waals surface area (Å²) in [6.07, 6.45) is 4.15. The van der Waals surface area contributed by atoms with Crippen molar-refractivity contribution >= 4 is 29.7 Å². The fourth-order valence-corrected chi connectivity index (χ4v) is 2.96. The molecule has 0 amide bonds. The molecule has 0 spiro atoms. The molecule has 1 aromatic heterocycles. The minimum Gasteiger partial charge on any atom is -0.486 e. The summed E-state index contributed by atoms with van der Waals surface area (Å²) < 4.78 is 10.7. The largest absolute Gasteiger partial charge is 0.486 e. The summed E-state index contributed by atoms with van der Waals surface area (Å²) in [7, 11) is 0. The van der Waals surface area contributed by atoms with Gasteiger partial charge >= 0.3 is 5.69 Å². The van der Waals surface area contributed by atoms with E-state index >= 15 is 0 Å². The highest BCUT2D eigenvalue weighted by Crippen LogP contribution is 2.34. The van der Waals surface area contributed by atoms with Gasteiger partial charge in [-0.05, 0) is 25.0 Å². The molecule has 0 aliphatic heterocycles. The molecule has 0 unspecified atom stereocenters. The Balaban J connectivity index is 0.00000225. The molecular formula is C15H18Cl2N4O4. The monoisotopic (exact) mass is 388 g/mol. The summed E-state index contributed by atoms with van der Waals surface area (Å²) in [6, 6.07) is 4.25. The number of nitro benzene ring substituents is 1. The number of nitrogens with zero attached hydrogens (tertiary/aromatic N) is 3. The van der Waals surface area contributed by atoms with Crippen LogP contribution in [-0.2, 0) is 12.0 Å². The predicted molar refractivity (Wildman–Crippen MR) is 93.2 cm³/mol. The van der Waals surface area contributed by atoms with Crippen LogP contribution in [0.3, 0.4) is 0 Å². The third-order valence-corrected chi connectivity index (χ3v) is 4.34. The van der Waals surface area contributed by atoms with Crippen LogP contribution in [0, 0.1) is 10.1 Å². The first-order valence-electron chi connectivity index (χ1n) is 7.67. The molecular weight excluding hydrogens is 371 g/mol. The van der Waals surface area contributed by atoms with E-state index in [-0.39, 0.29) is 35.5 Å². The molecule has 1 heterocycles. The van der Waals surface area contributed by atoms with Crippen molar-refractivity contribution < 1.29 is 14.2 Å². The number of benzene rings is 1. The average molecular weight is 389 g/mol. The van der Waals surface area contributed by atoms with Gasteiger partial charge in [0, 0.05) is 11.1 Å². The fourth-order valence-electron chi connectivity index (χ4n) is 2.79. The second-order valence-electron chi connectivity index (χ2n) is 5.84. The molecule has 0 atom stereocenters. The maximum absolute atomic E-state index is 11.0. The number of hydrogen-bond donors (Lipinski definition) is 1. The van der Waals surface area contributed by atoms with Gasteiger partial charge in [0.25, 0.3) is 0 Å². The molecule has 1 saturated carbocycles. The van der Waals surface area contributed by atoms with E-state index in [2.05, 4.69) is 10.1 Å². The van der Waals surface area contributed by atoms with E-state index in [9.17, 15) is 10.1 Å². The van der Waals surface area contributed by atoms with Crippen molar-refractivity contribution in [2.75, 3.05) is 6.61 Å². The minimum absolute atomic E-state index is 0. The zero-order chi connectivity index (χ0) is 17.2. The van der Waals surface area contributed by atoms with Crippen molar-refractivity contribution in [1.29, 1.82) is 0 Å². The molecule has 1 aliphatic carbocycles. The lowest BCUT2D eigenvalue weighted by Gasteiger charge is -2.17. The van der Waals surface area contributed by atoms with Crippen LogP contribution in [-0.4, -0.2) is 21.7 Å². The highest BCUT2D eigenvalue weighted by molar-refractivity contribution is 6.30. The lowest BCUT2D eigenvalue weighted by Crippen LogP contribution is -2.34. The first kappa shape index (κ1) is 19.4. The topological polar surface area (TPSA) is 117 Å². The van der Waals surface area contributed by atoms with E-state index in [1.165, 1.54) is 18.2 Å². The first-order chi connectivity index (χ1) is 11.5. The molecule has 8 nitrogen and oxygen atoms in total. The quantitative estimate of drug-likeness (QED) is 0.594. The molecule has 1 aromatic carbocycles. The second kappa shape index (κ2) is 7.99. The Kier molecular flexibility index (Phi) is 6.21. The van der Waals surface area contributed by atoms with Crippen LogP contribution in [0.25, 0.3) is 0 Å². The van der Waals surface area contributed by atoms with Crippen LogP contribution in [0.4, 0.5) is 5.69 Å². The van der Waals surface area contributed by atoms with Gasteiger partial charge in [-0.2, -0.15) is 4.98 Å². The van der Waals surface area contributed by atoms with Crippen LogP contribution in [0.15, 0.2) is 22.7 Å². The summed E-state index contributed by atoms with van der Waals surface area (Å²) in [6.45, 7) is 0.168. The van der Waals surface area contributed by atoms with Crippen LogP contribution in [0.2, 0.25) is 5.02 Å². The zero-order valence-electron chi connectivity index (χ0n) is 13.3.